The zero-order valence-electron chi connectivity index (χ0n) is 18.8. The third kappa shape index (κ3) is 4.94. The fourth-order valence-electron chi connectivity index (χ4n) is 3.72. The Morgan fingerprint density at radius 1 is 1.03 bits per heavy atom. The van der Waals surface area contributed by atoms with Crippen molar-refractivity contribution >= 4 is 17.4 Å². The van der Waals surface area contributed by atoms with Crippen molar-refractivity contribution in [2.75, 3.05) is 27.4 Å². The third-order valence-electron chi connectivity index (χ3n) is 5.31. The van der Waals surface area contributed by atoms with Gasteiger partial charge in [0, 0.05) is 18.7 Å². The Kier molecular flexibility index (Phi) is 7.53. The van der Waals surface area contributed by atoms with Crippen molar-refractivity contribution in [2.45, 2.75) is 32.4 Å². The maximum absolute atomic E-state index is 13.0. The molecule has 1 atom stereocenters. The molecule has 0 radical (unpaired) electrons. The van der Waals surface area contributed by atoms with Crippen LogP contribution in [0.15, 0.2) is 54.1 Å². The number of amides is 1. The highest BCUT2D eigenvalue weighted by Gasteiger charge is 2.45. The molecule has 1 amide bonds. The molecule has 0 aromatic heterocycles. The molecule has 3 rings (SSSR count). The number of hydrogen-bond acceptors (Lipinski definition) is 6. The van der Waals surface area contributed by atoms with Crippen LogP contribution in [-0.4, -0.2) is 55.2 Å². The summed E-state index contributed by atoms with van der Waals surface area (Å²) in [4.78, 5) is 27.5. The summed E-state index contributed by atoms with van der Waals surface area (Å²) >= 11 is 0. The molecule has 7 nitrogen and oxygen atoms in total. The van der Waals surface area contributed by atoms with E-state index in [1.165, 1.54) is 12.0 Å². The lowest BCUT2D eigenvalue weighted by Gasteiger charge is -2.25. The standard InChI is InChI=1S/C25H29NO6/c1-16(2)32-14-6-13-26-22(17-9-11-19(30-3)12-10-17)21(24(28)25(26)29)23(27)18-7-5-8-20(15-18)31-4/h5,7-12,15-16,22,27H,6,13-14H2,1-4H3/t22-/m1/s1. The quantitative estimate of drug-likeness (QED) is 0.276. The minimum atomic E-state index is -0.717. The molecule has 1 saturated heterocycles. The number of aliphatic hydroxyl groups excluding tert-OH is 1. The zero-order chi connectivity index (χ0) is 23.3. The summed E-state index contributed by atoms with van der Waals surface area (Å²) in [5.41, 5.74) is 1.17. The molecule has 1 N–H and O–H groups in total. The van der Waals surface area contributed by atoms with Crippen LogP contribution in [0.2, 0.25) is 0 Å². The maximum atomic E-state index is 13.0. The second kappa shape index (κ2) is 10.3. The number of Topliss-reactive ketones (excluding diaryl/α,β-unsaturated/α-hetero) is 1. The molecule has 2 aromatic carbocycles. The van der Waals surface area contributed by atoms with Crippen molar-refractivity contribution in [3.05, 3.63) is 65.2 Å². The molecule has 0 saturated carbocycles. The first kappa shape index (κ1) is 23.3. The minimum absolute atomic E-state index is 0.0539. The number of methoxy groups -OCH3 is 2. The lowest BCUT2D eigenvalue weighted by molar-refractivity contribution is -0.140. The summed E-state index contributed by atoms with van der Waals surface area (Å²) in [5.74, 6) is -0.390. The van der Waals surface area contributed by atoms with Crippen molar-refractivity contribution in [1.29, 1.82) is 0 Å². The normalized spacial score (nSPS) is 17.8. The van der Waals surface area contributed by atoms with Gasteiger partial charge in [0.15, 0.2) is 0 Å². The third-order valence-corrected chi connectivity index (χ3v) is 5.31. The number of ether oxygens (including phenoxy) is 3. The van der Waals surface area contributed by atoms with E-state index in [1.807, 2.05) is 13.8 Å². The zero-order valence-corrected chi connectivity index (χ0v) is 18.8. The van der Waals surface area contributed by atoms with Gasteiger partial charge in [-0.25, -0.2) is 0 Å². The average Bonchev–Trinajstić information content (AvgIpc) is 3.06. The summed E-state index contributed by atoms with van der Waals surface area (Å²) < 4.78 is 16.1. The number of hydrogen-bond donors (Lipinski definition) is 1. The van der Waals surface area contributed by atoms with E-state index in [0.717, 1.165) is 0 Å². The van der Waals surface area contributed by atoms with Gasteiger partial charge in [-0.05, 0) is 50.1 Å². The van der Waals surface area contributed by atoms with Crippen LogP contribution in [0.4, 0.5) is 0 Å². The van der Waals surface area contributed by atoms with Gasteiger partial charge < -0.3 is 24.2 Å². The molecular weight excluding hydrogens is 410 g/mol. The molecule has 1 heterocycles. The first-order chi connectivity index (χ1) is 15.4. The predicted octanol–water partition coefficient (Wildman–Crippen LogP) is 3.94. The highest BCUT2D eigenvalue weighted by Crippen LogP contribution is 2.40. The number of aliphatic hydroxyl groups is 1. The smallest absolute Gasteiger partial charge is 0.295 e. The molecule has 32 heavy (non-hydrogen) atoms. The first-order valence-electron chi connectivity index (χ1n) is 10.6. The molecule has 1 aliphatic heterocycles. The van der Waals surface area contributed by atoms with E-state index in [4.69, 9.17) is 14.2 Å². The summed E-state index contributed by atoms with van der Waals surface area (Å²) in [7, 11) is 3.09. The fraction of sp³-hybridized carbons (Fsp3) is 0.360. The van der Waals surface area contributed by atoms with Crippen LogP contribution in [0.25, 0.3) is 5.76 Å². The molecule has 1 aliphatic rings. The Morgan fingerprint density at radius 3 is 2.34 bits per heavy atom. The van der Waals surface area contributed by atoms with Gasteiger partial charge in [-0.2, -0.15) is 0 Å². The van der Waals surface area contributed by atoms with Crippen LogP contribution in [-0.2, 0) is 14.3 Å². The van der Waals surface area contributed by atoms with Gasteiger partial charge in [-0.15, -0.1) is 0 Å². The van der Waals surface area contributed by atoms with E-state index < -0.39 is 17.7 Å². The summed E-state index contributed by atoms with van der Waals surface area (Å²) in [6, 6.07) is 13.2. The highest BCUT2D eigenvalue weighted by atomic mass is 16.5. The Balaban J connectivity index is 2.04. The summed E-state index contributed by atoms with van der Waals surface area (Å²) in [6.45, 7) is 4.67. The molecule has 170 valence electrons. The minimum Gasteiger partial charge on any atom is -0.507 e. The molecule has 1 fully saturated rings. The fourth-order valence-corrected chi connectivity index (χ4v) is 3.72. The van der Waals surface area contributed by atoms with E-state index >= 15 is 0 Å². The average molecular weight is 440 g/mol. The number of ketones is 1. The molecule has 2 aromatic rings. The van der Waals surface area contributed by atoms with E-state index in [9.17, 15) is 14.7 Å². The van der Waals surface area contributed by atoms with Crippen LogP contribution in [0.3, 0.4) is 0 Å². The van der Waals surface area contributed by atoms with Crippen LogP contribution >= 0.6 is 0 Å². The van der Waals surface area contributed by atoms with Gasteiger partial charge in [0.05, 0.1) is 31.9 Å². The van der Waals surface area contributed by atoms with Crippen molar-refractivity contribution in [2.24, 2.45) is 0 Å². The second-order valence-corrected chi connectivity index (χ2v) is 7.77. The largest absolute Gasteiger partial charge is 0.507 e. The van der Waals surface area contributed by atoms with E-state index in [-0.39, 0.29) is 17.4 Å². The molecule has 0 unspecified atom stereocenters. The van der Waals surface area contributed by atoms with Crippen molar-refractivity contribution < 1.29 is 28.9 Å². The monoisotopic (exact) mass is 439 g/mol. The lowest BCUT2D eigenvalue weighted by Crippen LogP contribution is -2.31. The highest BCUT2D eigenvalue weighted by molar-refractivity contribution is 6.46. The van der Waals surface area contributed by atoms with Gasteiger partial charge in [-0.1, -0.05) is 24.3 Å². The number of nitrogens with zero attached hydrogens (tertiary/aromatic N) is 1. The molecule has 0 spiro atoms. The van der Waals surface area contributed by atoms with Gasteiger partial charge >= 0.3 is 0 Å². The number of rotatable bonds is 9. The number of likely N-dealkylation sites (tertiary alicyclic amines) is 1. The van der Waals surface area contributed by atoms with Crippen LogP contribution < -0.4 is 9.47 Å². The van der Waals surface area contributed by atoms with E-state index in [2.05, 4.69) is 0 Å². The van der Waals surface area contributed by atoms with Crippen molar-refractivity contribution in [1.82, 2.24) is 4.90 Å². The topological polar surface area (TPSA) is 85.3 Å². The van der Waals surface area contributed by atoms with Gasteiger partial charge in [0.25, 0.3) is 11.7 Å². The Hall–Kier alpha value is -3.32. The van der Waals surface area contributed by atoms with Crippen LogP contribution in [0.5, 0.6) is 11.5 Å². The SMILES string of the molecule is COc1ccc([C@@H]2C(=C(O)c3cccc(OC)c3)C(=O)C(=O)N2CCCOC(C)C)cc1. The van der Waals surface area contributed by atoms with Gasteiger partial charge in [0.1, 0.15) is 17.3 Å². The van der Waals surface area contributed by atoms with Crippen molar-refractivity contribution in [3.8, 4) is 11.5 Å². The maximum Gasteiger partial charge on any atom is 0.295 e. The molecule has 0 aliphatic carbocycles. The van der Waals surface area contributed by atoms with E-state index in [1.54, 1.807) is 55.6 Å². The number of carbonyl (C=O) groups is 2. The van der Waals surface area contributed by atoms with Crippen LogP contribution in [0.1, 0.15) is 37.4 Å². The lowest BCUT2D eigenvalue weighted by atomic mass is 9.95. The Bertz CT molecular complexity index is 996. The molecule has 0 bridgehead atoms. The summed E-state index contributed by atoms with van der Waals surface area (Å²) in [5, 5.41) is 11.1. The second-order valence-electron chi connectivity index (χ2n) is 7.77. The van der Waals surface area contributed by atoms with E-state index in [0.29, 0.717) is 42.2 Å². The van der Waals surface area contributed by atoms with Gasteiger partial charge in [-0.3, -0.25) is 9.59 Å². The molecule has 7 heteroatoms. The van der Waals surface area contributed by atoms with Gasteiger partial charge in [0.2, 0.25) is 0 Å². The predicted molar refractivity (Wildman–Crippen MR) is 121 cm³/mol. The first-order valence-corrected chi connectivity index (χ1v) is 10.6. The summed E-state index contributed by atoms with van der Waals surface area (Å²) in [6.07, 6.45) is 0.646. The Morgan fingerprint density at radius 2 is 1.72 bits per heavy atom. The van der Waals surface area contributed by atoms with Crippen molar-refractivity contribution in [3.63, 3.8) is 0 Å². The molecular formula is C25H29NO6. The Labute approximate surface area is 188 Å². The van der Waals surface area contributed by atoms with Crippen LogP contribution in [0, 0.1) is 0 Å². The number of carbonyl (C=O) groups excluding carboxylic acids is 2. The number of benzene rings is 2.